The standard InChI is InChI=1S/C11H21NO/c1-2-3-7-11(13)9-5-4-6-10(12)8-9/h9-10H,2-8,12H2,1H3. The third kappa shape index (κ3) is 3.47. The minimum Gasteiger partial charge on any atom is -0.328 e. The summed E-state index contributed by atoms with van der Waals surface area (Å²) in [4.78, 5) is 11.6. The van der Waals surface area contributed by atoms with Gasteiger partial charge in [0, 0.05) is 18.4 Å². The lowest BCUT2D eigenvalue weighted by atomic mass is 9.82. The maximum atomic E-state index is 11.6. The fourth-order valence-electron chi connectivity index (χ4n) is 2.08. The van der Waals surface area contributed by atoms with Gasteiger partial charge in [-0.25, -0.2) is 0 Å². The number of carbonyl (C=O) groups excluding carboxylic acids is 1. The molecule has 2 unspecified atom stereocenters. The number of nitrogens with two attached hydrogens (primary N) is 1. The zero-order valence-electron chi connectivity index (χ0n) is 8.59. The number of rotatable bonds is 4. The van der Waals surface area contributed by atoms with Crippen LogP contribution in [0, 0.1) is 5.92 Å². The zero-order chi connectivity index (χ0) is 9.68. The molecule has 1 aliphatic carbocycles. The van der Waals surface area contributed by atoms with E-state index in [0.29, 0.717) is 5.78 Å². The van der Waals surface area contributed by atoms with Gasteiger partial charge in [0.1, 0.15) is 5.78 Å². The fraction of sp³-hybridized carbons (Fsp3) is 0.909. The highest BCUT2D eigenvalue weighted by molar-refractivity contribution is 5.81. The molecule has 0 bridgehead atoms. The van der Waals surface area contributed by atoms with Gasteiger partial charge in [-0.15, -0.1) is 0 Å². The van der Waals surface area contributed by atoms with Crippen LogP contribution in [-0.4, -0.2) is 11.8 Å². The number of unbranched alkanes of at least 4 members (excludes halogenated alkanes) is 1. The maximum absolute atomic E-state index is 11.6. The van der Waals surface area contributed by atoms with E-state index in [2.05, 4.69) is 6.92 Å². The van der Waals surface area contributed by atoms with E-state index in [1.807, 2.05) is 0 Å². The molecular formula is C11H21NO. The quantitative estimate of drug-likeness (QED) is 0.726. The van der Waals surface area contributed by atoms with Gasteiger partial charge in [0.25, 0.3) is 0 Å². The first kappa shape index (κ1) is 10.7. The smallest absolute Gasteiger partial charge is 0.136 e. The molecule has 0 spiro atoms. The van der Waals surface area contributed by atoms with Gasteiger partial charge in [-0.05, 0) is 25.7 Å². The fourth-order valence-corrected chi connectivity index (χ4v) is 2.08. The van der Waals surface area contributed by atoms with Gasteiger partial charge in [0.05, 0.1) is 0 Å². The number of hydrogen-bond donors (Lipinski definition) is 1. The van der Waals surface area contributed by atoms with Crippen molar-refractivity contribution in [1.82, 2.24) is 0 Å². The van der Waals surface area contributed by atoms with Crippen molar-refractivity contribution in [2.24, 2.45) is 11.7 Å². The lowest BCUT2D eigenvalue weighted by Crippen LogP contribution is -2.31. The van der Waals surface area contributed by atoms with Gasteiger partial charge in [0.2, 0.25) is 0 Å². The summed E-state index contributed by atoms with van der Waals surface area (Å²) in [5.41, 5.74) is 5.84. The Labute approximate surface area is 80.9 Å². The van der Waals surface area contributed by atoms with Crippen molar-refractivity contribution in [2.45, 2.75) is 57.9 Å². The molecule has 76 valence electrons. The highest BCUT2D eigenvalue weighted by atomic mass is 16.1. The van der Waals surface area contributed by atoms with Crippen LogP contribution in [0.5, 0.6) is 0 Å². The summed E-state index contributed by atoms with van der Waals surface area (Å²) in [6, 6.07) is 0.282. The molecule has 1 fully saturated rings. The molecule has 1 rings (SSSR count). The van der Waals surface area contributed by atoms with Gasteiger partial charge < -0.3 is 5.73 Å². The molecule has 2 nitrogen and oxygen atoms in total. The second-order valence-electron chi connectivity index (χ2n) is 4.19. The Hall–Kier alpha value is -0.370. The van der Waals surface area contributed by atoms with Gasteiger partial charge in [-0.2, -0.15) is 0 Å². The van der Waals surface area contributed by atoms with E-state index < -0.39 is 0 Å². The third-order valence-corrected chi connectivity index (χ3v) is 2.95. The highest BCUT2D eigenvalue weighted by Gasteiger charge is 2.24. The second kappa shape index (κ2) is 5.38. The Morgan fingerprint density at radius 1 is 1.46 bits per heavy atom. The monoisotopic (exact) mass is 183 g/mol. The summed E-state index contributed by atoms with van der Waals surface area (Å²) in [7, 11) is 0. The van der Waals surface area contributed by atoms with Crippen molar-refractivity contribution >= 4 is 5.78 Å². The third-order valence-electron chi connectivity index (χ3n) is 2.95. The molecule has 2 N–H and O–H groups in total. The Kier molecular flexibility index (Phi) is 4.43. The topological polar surface area (TPSA) is 43.1 Å². The minimum absolute atomic E-state index is 0.282. The molecule has 13 heavy (non-hydrogen) atoms. The molecule has 2 heteroatoms. The van der Waals surface area contributed by atoms with Gasteiger partial charge in [-0.1, -0.05) is 19.8 Å². The normalized spacial score (nSPS) is 28.8. The number of ketones is 1. The van der Waals surface area contributed by atoms with Gasteiger partial charge >= 0.3 is 0 Å². The zero-order valence-corrected chi connectivity index (χ0v) is 8.59. The van der Waals surface area contributed by atoms with Crippen LogP contribution in [0.4, 0.5) is 0 Å². The van der Waals surface area contributed by atoms with Crippen LogP contribution in [0.25, 0.3) is 0 Å². The first-order valence-corrected chi connectivity index (χ1v) is 5.52. The molecule has 0 aliphatic heterocycles. The second-order valence-corrected chi connectivity index (χ2v) is 4.19. The van der Waals surface area contributed by atoms with E-state index in [-0.39, 0.29) is 12.0 Å². The Balaban J connectivity index is 2.28. The highest BCUT2D eigenvalue weighted by Crippen LogP contribution is 2.25. The van der Waals surface area contributed by atoms with E-state index in [0.717, 1.165) is 44.9 Å². The minimum atomic E-state index is 0.282. The van der Waals surface area contributed by atoms with E-state index in [1.165, 1.54) is 0 Å². The molecule has 0 radical (unpaired) electrons. The van der Waals surface area contributed by atoms with Crippen molar-refractivity contribution in [1.29, 1.82) is 0 Å². The molecule has 0 amide bonds. The van der Waals surface area contributed by atoms with Crippen LogP contribution in [-0.2, 0) is 4.79 Å². The summed E-state index contributed by atoms with van der Waals surface area (Å²) in [5.74, 6) is 0.743. The molecule has 2 atom stereocenters. The average molecular weight is 183 g/mol. The molecule has 0 aromatic rings. The summed E-state index contributed by atoms with van der Waals surface area (Å²) in [6.07, 6.45) is 7.20. The summed E-state index contributed by atoms with van der Waals surface area (Å²) in [6.45, 7) is 2.12. The molecule has 1 aliphatic rings. The van der Waals surface area contributed by atoms with Crippen LogP contribution < -0.4 is 5.73 Å². The largest absolute Gasteiger partial charge is 0.328 e. The van der Waals surface area contributed by atoms with Crippen molar-refractivity contribution in [3.05, 3.63) is 0 Å². The summed E-state index contributed by atoms with van der Waals surface area (Å²) in [5, 5.41) is 0. The van der Waals surface area contributed by atoms with Crippen LogP contribution in [0.2, 0.25) is 0 Å². The Morgan fingerprint density at radius 2 is 2.23 bits per heavy atom. The molecule has 0 aromatic carbocycles. The van der Waals surface area contributed by atoms with E-state index in [4.69, 9.17) is 5.73 Å². The lowest BCUT2D eigenvalue weighted by Gasteiger charge is -2.25. The Morgan fingerprint density at radius 3 is 2.85 bits per heavy atom. The first-order valence-electron chi connectivity index (χ1n) is 5.52. The number of carbonyl (C=O) groups is 1. The van der Waals surface area contributed by atoms with Gasteiger partial charge in [-0.3, -0.25) is 4.79 Å². The van der Waals surface area contributed by atoms with Crippen molar-refractivity contribution < 1.29 is 4.79 Å². The average Bonchev–Trinajstić information content (AvgIpc) is 2.14. The molecule has 1 saturated carbocycles. The molecule has 0 heterocycles. The predicted octanol–water partition coefficient (Wildman–Crippen LogP) is 2.26. The number of hydrogen-bond acceptors (Lipinski definition) is 2. The van der Waals surface area contributed by atoms with Crippen LogP contribution in [0.1, 0.15) is 51.9 Å². The molecule has 0 aromatic heterocycles. The molecule has 0 saturated heterocycles. The van der Waals surface area contributed by atoms with Crippen molar-refractivity contribution in [3.8, 4) is 0 Å². The summed E-state index contributed by atoms with van der Waals surface area (Å²) >= 11 is 0. The van der Waals surface area contributed by atoms with Crippen LogP contribution in [0.3, 0.4) is 0 Å². The van der Waals surface area contributed by atoms with Gasteiger partial charge in [0.15, 0.2) is 0 Å². The van der Waals surface area contributed by atoms with E-state index in [1.54, 1.807) is 0 Å². The predicted molar refractivity (Wildman–Crippen MR) is 54.5 cm³/mol. The Bertz CT molecular complexity index is 167. The SMILES string of the molecule is CCCCC(=O)C1CCCC(N)C1. The molecular weight excluding hydrogens is 162 g/mol. The maximum Gasteiger partial charge on any atom is 0.136 e. The number of Topliss-reactive ketones (excluding diaryl/α,β-unsaturated/α-hetero) is 1. The van der Waals surface area contributed by atoms with Crippen LogP contribution in [0.15, 0.2) is 0 Å². The van der Waals surface area contributed by atoms with E-state index >= 15 is 0 Å². The van der Waals surface area contributed by atoms with Crippen LogP contribution >= 0.6 is 0 Å². The summed E-state index contributed by atoms with van der Waals surface area (Å²) < 4.78 is 0. The first-order chi connectivity index (χ1) is 6.24. The lowest BCUT2D eigenvalue weighted by molar-refractivity contribution is -0.124. The van der Waals surface area contributed by atoms with Crippen molar-refractivity contribution in [2.75, 3.05) is 0 Å². The van der Waals surface area contributed by atoms with E-state index in [9.17, 15) is 4.79 Å². The van der Waals surface area contributed by atoms with Crippen molar-refractivity contribution in [3.63, 3.8) is 0 Å².